The zero-order valence-corrected chi connectivity index (χ0v) is 12.3. The van der Waals surface area contributed by atoms with Crippen molar-refractivity contribution in [2.24, 2.45) is 0 Å². The van der Waals surface area contributed by atoms with Crippen molar-refractivity contribution in [3.63, 3.8) is 0 Å². The molecule has 0 bridgehead atoms. The number of hydrogen-bond donors (Lipinski definition) is 1. The first-order valence-electron chi connectivity index (χ1n) is 6.70. The number of nitrogens with zero attached hydrogens (tertiary/aromatic N) is 1. The normalized spacial score (nSPS) is 10.6. The molecule has 5 heteroatoms. The van der Waals surface area contributed by atoms with Crippen LogP contribution in [0.15, 0.2) is 54.9 Å². The topological polar surface area (TPSA) is 42.0 Å². The van der Waals surface area contributed by atoms with E-state index in [2.05, 4.69) is 10.3 Å². The molecule has 1 N–H and O–H groups in total. The number of carbonyl (C=O) groups excluding carboxylic acids is 1. The Kier molecular flexibility index (Phi) is 4.02. The lowest BCUT2D eigenvalue weighted by Gasteiger charge is -2.09. The third kappa shape index (κ3) is 3.07. The van der Waals surface area contributed by atoms with Crippen LogP contribution in [-0.2, 0) is 11.2 Å². The van der Waals surface area contributed by atoms with E-state index in [1.165, 1.54) is 18.5 Å². The number of pyridine rings is 1. The molecule has 3 rings (SSSR count). The second-order valence-corrected chi connectivity index (χ2v) is 5.31. The van der Waals surface area contributed by atoms with Gasteiger partial charge in [-0.1, -0.05) is 35.9 Å². The van der Waals surface area contributed by atoms with Gasteiger partial charge < -0.3 is 5.32 Å². The molecule has 0 unspecified atom stereocenters. The van der Waals surface area contributed by atoms with Crippen molar-refractivity contribution in [1.82, 2.24) is 4.98 Å². The Hall–Kier alpha value is -2.46. The van der Waals surface area contributed by atoms with Crippen LogP contribution < -0.4 is 5.32 Å². The number of fused-ring (bicyclic) bond motifs is 1. The van der Waals surface area contributed by atoms with Gasteiger partial charge in [-0.05, 0) is 23.8 Å². The van der Waals surface area contributed by atoms with Crippen LogP contribution in [0.4, 0.5) is 10.1 Å². The molecule has 3 aromatic rings. The van der Waals surface area contributed by atoms with Gasteiger partial charge in [0.2, 0.25) is 5.91 Å². The van der Waals surface area contributed by atoms with E-state index in [4.69, 9.17) is 11.6 Å². The van der Waals surface area contributed by atoms with Gasteiger partial charge in [0.15, 0.2) is 0 Å². The summed E-state index contributed by atoms with van der Waals surface area (Å²) >= 11 is 5.90. The van der Waals surface area contributed by atoms with E-state index in [0.29, 0.717) is 21.5 Å². The molecule has 0 aliphatic heterocycles. The molecular formula is C17H12ClFN2O. The van der Waals surface area contributed by atoms with E-state index in [1.807, 2.05) is 6.07 Å². The lowest BCUT2D eigenvalue weighted by Crippen LogP contribution is -2.14. The summed E-state index contributed by atoms with van der Waals surface area (Å²) < 4.78 is 13.7. The van der Waals surface area contributed by atoms with Gasteiger partial charge in [0, 0.05) is 22.0 Å². The van der Waals surface area contributed by atoms with E-state index in [-0.39, 0.29) is 18.1 Å². The third-order valence-electron chi connectivity index (χ3n) is 3.28. The summed E-state index contributed by atoms with van der Waals surface area (Å²) in [6.07, 6.45) is 3.14. The summed E-state index contributed by atoms with van der Waals surface area (Å²) in [6, 6.07) is 11.8. The largest absolute Gasteiger partial charge is 0.324 e. The molecule has 110 valence electrons. The molecule has 0 aliphatic rings. The summed E-state index contributed by atoms with van der Waals surface area (Å²) in [4.78, 5) is 16.1. The molecule has 2 aromatic carbocycles. The minimum atomic E-state index is -0.365. The average molecular weight is 315 g/mol. The summed E-state index contributed by atoms with van der Waals surface area (Å²) in [7, 11) is 0. The van der Waals surface area contributed by atoms with Crippen LogP contribution in [0.5, 0.6) is 0 Å². The average Bonchev–Trinajstić information content (AvgIpc) is 2.48. The van der Waals surface area contributed by atoms with Crippen LogP contribution in [0.25, 0.3) is 10.8 Å². The van der Waals surface area contributed by atoms with Gasteiger partial charge in [-0.15, -0.1) is 0 Å². The van der Waals surface area contributed by atoms with Gasteiger partial charge in [-0.2, -0.15) is 0 Å². The monoisotopic (exact) mass is 314 g/mol. The Morgan fingerprint density at radius 1 is 1.14 bits per heavy atom. The van der Waals surface area contributed by atoms with Crippen LogP contribution in [-0.4, -0.2) is 10.9 Å². The Bertz CT molecular complexity index is 851. The fourth-order valence-electron chi connectivity index (χ4n) is 2.29. The molecule has 0 saturated carbocycles. The van der Waals surface area contributed by atoms with E-state index in [9.17, 15) is 9.18 Å². The van der Waals surface area contributed by atoms with Crippen molar-refractivity contribution < 1.29 is 9.18 Å². The van der Waals surface area contributed by atoms with Crippen LogP contribution in [0.3, 0.4) is 0 Å². The lowest BCUT2D eigenvalue weighted by atomic mass is 10.1. The summed E-state index contributed by atoms with van der Waals surface area (Å²) in [5.41, 5.74) is 1.30. The molecule has 3 nitrogen and oxygen atoms in total. The number of carbonyl (C=O) groups is 1. The molecule has 0 atom stereocenters. The molecular weight excluding hydrogens is 303 g/mol. The fraction of sp³-hybridized carbons (Fsp3) is 0.0588. The van der Waals surface area contributed by atoms with E-state index < -0.39 is 0 Å². The molecule has 0 radical (unpaired) electrons. The Morgan fingerprint density at radius 2 is 1.95 bits per heavy atom. The number of anilines is 1. The van der Waals surface area contributed by atoms with Gasteiger partial charge >= 0.3 is 0 Å². The number of rotatable bonds is 3. The molecule has 22 heavy (non-hydrogen) atoms. The van der Waals surface area contributed by atoms with Crippen molar-refractivity contribution in [3.05, 3.63) is 71.3 Å². The molecule has 1 amide bonds. The highest BCUT2D eigenvalue weighted by molar-refractivity contribution is 6.30. The third-order valence-corrected chi connectivity index (χ3v) is 3.51. The lowest BCUT2D eigenvalue weighted by molar-refractivity contribution is -0.115. The molecule has 0 aliphatic carbocycles. The van der Waals surface area contributed by atoms with Crippen molar-refractivity contribution in [2.45, 2.75) is 6.42 Å². The first-order valence-corrected chi connectivity index (χ1v) is 7.08. The van der Waals surface area contributed by atoms with Gasteiger partial charge in [0.25, 0.3) is 0 Å². The molecule has 1 aromatic heterocycles. The van der Waals surface area contributed by atoms with Gasteiger partial charge in [-0.25, -0.2) is 4.39 Å². The second-order valence-electron chi connectivity index (χ2n) is 4.88. The number of amides is 1. The van der Waals surface area contributed by atoms with Crippen LogP contribution >= 0.6 is 11.6 Å². The maximum atomic E-state index is 13.7. The minimum absolute atomic E-state index is 0.187. The molecule has 0 saturated heterocycles. The number of hydrogen-bond acceptors (Lipinski definition) is 2. The highest BCUT2D eigenvalue weighted by atomic mass is 35.5. The zero-order valence-electron chi connectivity index (χ0n) is 11.5. The van der Waals surface area contributed by atoms with Gasteiger partial charge in [-0.3, -0.25) is 9.78 Å². The number of benzene rings is 2. The second kappa shape index (κ2) is 6.12. The summed E-state index contributed by atoms with van der Waals surface area (Å²) in [6.45, 7) is 0. The maximum absolute atomic E-state index is 13.7. The highest BCUT2D eigenvalue weighted by Gasteiger charge is 2.09. The number of aromatic nitrogens is 1. The minimum Gasteiger partial charge on any atom is -0.324 e. The number of halogens is 2. The predicted molar refractivity (Wildman–Crippen MR) is 85.5 cm³/mol. The first kappa shape index (κ1) is 14.5. The van der Waals surface area contributed by atoms with Crippen LogP contribution in [0.1, 0.15) is 5.56 Å². The molecule has 0 fully saturated rings. The first-order chi connectivity index (χ1) is 10.6. The van der Waals surface area contributed by atoms with Crippen LogP contribution in [0, 0.1) is 5.82 Å². The smallest absolute Gasteiger partial charge is 0.228 e. The quantitative estimate of drug-likeness (QED) is 0.787. The SMILES string of the molecule is O=C(Cc1cccc(Cl)c1)Nc1cncc2c(F)cccc12. The predicted octanol–water partition coefficient (Wildman–Crippen LogP) is 4.21. The van der Waals surface area contributed by atoms with Crippen LogP contribution in [0.2, 0.25) is 5.02 Å². The standard InChI is InChI=1S/C17H12ClFN2O/c18-12-4-1-3-11(7-12)8-17(22)21-16-10-20-9-14-13(16)5-2-6-15(14)19/h1-7,9-10H,8H2,(H,21,22). The zero-order chi connectivity index (χ0) is 15.5. The van der Waals surface area contributed by atoms with Crippen molar-refractivity contribution in [2.75, 3.05) is 5.32 Å². The summed E-state index contributed by atoms with van der Waals surface area (Å²) in [5, 5.41) is 4.35. The highest BCUT2D eigenvalue weighted by Crippen LogP contribution is 2.24. The van der Waals surface area contributed by atoms with Crippen molar-refractivity contribution in [1.29, 1.82) is 0 Å². The summed E-state index contributed by atoms with van der Waals surface area (Å²) in [5.74, 6) is -0.572. The molecule has 1 heterocycles. The van der Waals surface area contributed by atoms with Gasteiger partial charge in [0.05, 0.1) is 18.3 Å². The van der Waals surface area contributed by atoms with Crippen molar-refractivity contribution >= 4 is 34.0 Å². The molecule has 0 spiro atoms. The Labute approximate surface area is 131 Å². The van der Waals surface area contributed by atoms with E-state index >= 15 is 0 Å². The van der Waals surface area contributed by atoms with E-state index in [1.54, 1.807) is 30.3 Å². The number of nitrogens with one attached hydrogen (secondary N) is 1. The van der Waals surface area contributed by atoms with E-state index in [0.717, 1.165) is 5.56 Å². The Balaban J connectivity index is 1.84. The van der Waals surface area contributed by atoms with Gasteiger partial charge in [0.1, 0.15) is 5.82 Å². The fourth-order valence-corrected chi connectivity index (χ4v) is 2.50. The maximum Gasteiger partial charge on any atom is 0.228 e. The van der Waals surface area contributed by atoms with Crippen molar-refractivity contribution in [3.8, 4) is 0 Å². The Morgan fingerprint density at radius 3 is 2.77 bits per heavy atom.